The second-order valence-corrected chi connectivity index (χ2v) is 6.98. The van der Waals surface area contributed by atoms with Crippen LogP contribution < -0.4 is 0 Å². The molecule has 3 aromatic rings. The molecule has 1 aromatic carbocycles. The summed E-state index contributed by atoms with van der Waals surface area (Å²) in [5.41, 5.74) is 3.16. The quantitative estimate of drug-likeness (QED) is 0.614. The third-order valence-electron chi connectivity index (χ3n) is 4.63. The fraction of sp³-hybridized carbons (Fsp3) is 0.333. The molecule has 3 rings (SSSR count). The molecular formula is C21H24N4O3. The molecule has 0 saturated carbocycles. The van der Waals surface area contributed by atoms with Gasteiger partial charge in [0.2, 0.25) is 0 Å². The van der Waals surface area contributed by atoms with Gasteiger partial charge in [0.25, 0.3) is 5.91 Å². The predicted molar refractivity (Wildman–Crippen MR) is 106 cm³/mol. The second kappa shape index (κ2) is 8.21. The molecule has 2 heterocycles. The molecule has 7 heteroatoms. The van der Waals surface area contributed by atoms with E-state index >= 15 is 0 Å². The topological polar surface area (TPSA) is 77.3 Å². The molecule has 146 valence electrons. The Balaban J connectivity index is 1.92. The number of pyridine rings is 1. The number of ether oxygens (including phenoxy) is 1. The summed E-state index contributed by atoms with van der Waals surface area (Å²) < 4.78 is 6.58. The van der Waals surface area contributed by atoms with Gasteiger partial charge in [-0.15, -0.1) is 0 Å². The first kappa shape index (κ1) is 19.5. The van der Waals surface area contributed by atoms with Gasteiger partial charge < -0.3 is 9.64 Å². The number of fused-ring (bicyclic) bond motifs is 1. The Morgan fingerprint density at radius 3 is 2.64 bits per heavy atom. The lowest BCUT2D eigenvalue weighted by Crippen LogP contribution is -2.36. The zero-order chi connectivity index (χ0) is 20.3. The van der Waals surface area contributed by atoms with Crippen LogP contribution in [-0.2, 0) is 16.1 Å². The molecule has 0 bridgehead atoms. The number of rotatable bonds is 6. The molecule has 0 aliphatic carbocycles. The smallest absolute Gasteiger partial charge is 0.325 e. The molecule has 0 unspecified atom stereocenters. The molecule has 28 heavy (non-hydrogen) atoms. The molecule has 2 aromatic heterocycles. The fourth-order valence-corrected chi connectivity index (χ4v) is 3.03. The number of aromatic nitrogens is 3. The number of carbonyl (C=O) groups excluding carboxylic acids is 2. The van der Waals surface area contributed by atoms with Gasteiger partial charge >= 0.3 is 5.97 Å². The summed E-state index contributed by atoms with van der Waals surface area (Å²) in [5.74, 6) is -0.746. The summed E-state index contributed by atoms with van der Waals surface area (Å²) in [4.78, 5) is 30.9. The largest absolute Gasteiger partial charge is 0.468 e. The van der Waals surface area contributed by atoms with E-state index in [1.165, 1.54) is 18.2 Å². The molecule has 0 aliphatic rings. The van der Waals surface area contributed by atoms with Gasteiger partial charge in [-0.3, -0.25) is 9.59 Å². The zero-order valence-electron chi connectivity index (χ0n) is 16.5. The lowest BCUT2D eigenvalue weighted by Gasteiger charge is -2.22. The van der Waals surface area contributed by atoms with Crippen molar-refractivity contribution in [1.29, 1.82) is 0 Å². The van der Waals surface area contributed by atoms with Crippen LogP contribution in [0.1, 0.15) is 41.4 Å². The minimum Gasteiger partial charge on any atom is -0.468 e. The van der Waals surface area contributed by atoms with Crippen molar-refractivity contribution in [1.82, 2.24) is 19.7 Å². The van der Waals surface area contributed by atoms with Gasteiger partial charge in [-0.25, -0.2) is 9.67 Å². The van der Waals surface area contributed by atoms with E-state index in [9.17, 15) is 9.59 Å². The summed E-state index contributed by atoms with van der Waals surface area (Å²) in [6.07, 6.45) is 3.23. The number of benzene rings is 1. The normalized spacial score (nSPS) is 11.0. The molecule has 0 spiro atoms. The molecule has 0 atom stereocenters. The van der Waals surface area contributed by atoms with Crippen LogP contribution in [0.2, 0.25) is 0 Å². The van der Waals surface area contributed by atoms with Gasteiger partial charge in [0.15, 0.2) is 5.65 Å². The van der Waals surface area contributed by atoms with Crippen molar-refractivity contribution in [2.75, 3.05) is 13.7 Å². The van der Waals surface area contributed by atoms with Crippen LogP contribution in [-0.4, -0.2) is 45.2 Å². The molecule has 1 amide bonds. The Labute approximate surface area is 163 Å². The first-order valence-electron chi connectivity index (χ1n) is 9.14. The van der Waals surface area contributed by atoms with Crippen LogP contribution in [0.5, 0.6) is 0 Å². The third-order valence-corrected chi connectivity index (χ3v) is 4.63. The van der Waals surface area contributed by atoms with Crippen molar-refractivity contribution in [3.63, 3.8) is 0 Å². The molecule has 0 radical (unpaired) electrons. The Hall–Kier alpha value is -3.22. The van der Waals surface area contributed by atoms with E-state index in [4.69, 9.17) is 4.74 Å². The van der Waals surface area contributed by atoms with Gasteiger partial charge in [-0.2, -0.15) is 5.10 Å². The van der Waals surface area contributed by atoms with Crippen molar-refractivity contribution < 1.29 is 14.3 Å². The molecule has 0 aliphatic heterocycles. The summed E-state index contributed by atoms with van der Waals surface area (Å²) in [6.45, 7) is 6.20. The molecule has 0 saturated heterocycles. The summed E-state index contributed by atoms with van der Waals surface area (Å²) in [7, 11) is 1.31. The molecule has 0 N–H and O–H groups in total. The molecular weight excluding hydrogens is 356 g/mol. The highest BCUT2D eigenvalue weighted by Crippen LogP contribution is 2.19. The Morgan fingerprint density at radius 2 is 1.96 bits per heavy atom. The van der Waals surface area contributed by atoms with Gasteiger partial charge in [0.1, 0.15) is 6.54 Å². The van der Waals surface area contributed by atoms with Crippen LogP contribution in [0.3, 0.4) is 0 Å². The van der Waals surface area contributed by atoms with Crippen LogP contribution >= 0.6 is 0 Å². The molecule has 0 fully saturated rings. The maximum absolute atomic E-state index is 13.1. The minimum absolute atomic E-state index is 0.132. The number of hydrogen-bond acceptors (Lipinski definition) is 5. The van der Waals surface area contributed by atoms with Crippen LogP contribution in [0, 0.1) is 6.92 Å². The van der Waals surface area contributed by atoms with Crippen LogP contribution in [0.4, 0.5) is 0 Å². The number of methoxy groups -OCH3 is 1. The van der Waals surface area contributed by atoms with Crippen molar-refractivity contribution in [3.8, 4) is 0 Å². The number of nitrogens with zero attached hydrogens (tertiary/aromatic N) is 4. The average molecular weight is 380 g/mol. The first-order valence-corrected chi connectivity index (χ1v) is 9.14. The molecule has 7 nitrogen and oxygen atoms in total. The maximum Gasteiger partial charge on any atom is 0.325 e. The third kappa shape index (κ3) is 4.03. The van der Waals surface area contributed by atoms with Crippen molar-refractivity contribution in [3.05, 3.63) is 59.4 Å². The number of amides is 1. The van der Waals surface area contributed by atoms with Gasteiger partial charge in [0.05, 0.1) is 18.9 Å². The SMILES string of the molecule is COC(=O)CN(Cc1ccccc1C)C(=O)c1cnc2c(cnn2C(C)C)c1. The summed E-state index contributed by atoms with van der Waals surface area (Å²) >= 11 is 0. The number of esters is 1. The van der Waals surface area contributed by atoms with Crippen molar-refractivity contribution in [2.45, 2.75) is 33.4 Å². The summed E-state index contributed by atoms with van der Waals surface area (Å²) in [6, 6.07) is 9.71. The second-order valence-electron chi connectivity index (χ2n) is 6.98. The maximum atomic E-state index is 13.1. The Morgan fingerprint density at radius 1 is 1.21 bits per heavy atom. The Bertz CT molecular complexity index is 1010. The van der Waals surface area contributed by atoms with E-state index in [0.717, 1.165) is 22.2 Å². The van der Waals surface area contributed by atoms with E-state index in [-0.39, 0.29) is 18.5 Å². The van der Waals surface area contributed by atoms with Crippen molar-refractivity contribution in [2.24, 2.45) is 0 Å². The zero-order valence-corrected chi connectivity index (χ0v) is 16.5. The van der Waals surface area contributed by atoms with E-state index < -0.39 is 5.97 Å². The highest BCUT2D eigenvalue weighted by atomic mass is 16.5. The van der Waals surface area contributed by atoms with Gasteiger partial charge in [-0.1, -0.05) is 24.3 Å². The first-order chi connectivity index (χ1) is 13.4. The minimum atomic E-state index is -0.469. The average Bonchev–Trinajstić information content (AvgIpc) is 3.11. The predicted octanol–water partition coefficient (Wildman–Crippen LogP) is 3.14. The van der Waals surface area contributed by atoms with E-state index in [1.807, 2.05) is 49.7 Å². The lowest BCUT2D eigenvalue weighted by molar-refractivity contribution is -0.141. The van der Waals surface area contributed by atoms with Gasteiger partial charge in [-0.05, 0) is 38.0 Å². The highest BCUT2D eigenvalue weighted by molar-refractivity contribution is 5.98. The van der Waals surface area contributed by atoms with Crippen LogP contribution in [0.15, 0.2) is 42.7 Å². The summed E-state index contributed by atoms with van der Waals surface area (Å²) in [5, 5.41) is 5.12. The van der Waals surface area contributed by atoms with E-state index in [2.05, 4.69) is 10.1 Å². The van der Waals surface area contributed by atoms with Gasteiger partial charge in [0, 0.05) is 24.2 Å². The Kier molecular flexibility index (Phi) is 5.73. The van der Waals surface area contributed by atoms with E-state index in [1.54, 1.807) is 12.3 Å². The van der Waals surface area contributed by atoms with E-state index in [0.29, 0.717) is 12.1 Å². The number of carbonyl (C=O) groups is 2. The number of hydrogen-bond donors (Lipinski definition) is 0. The monoisotopic (exact) mass is 380 g/mol. The standard InChI is InChI=1S/C21H24N4O3/c1-14(2)25-20-17(11-23-25)9-18(10-22-20)21(27)24(13-19(26)28-4)12-16-8-6-5-7-15(16)3/h5-11,14H,12-13H2,1-4H3. The van der Waals surface area contributed by atoms with Crippen LogP contribution in [0.25, 0.3) is 11.0 Å². The van der Waals surface area contributed by atoms with Crippen molar-refractivity contribution >= 4 is 22.9 Å². The highest BCUT2D eigenvalue weighted by Gasteiger charge is 2.21. The fourth-order valence-electron chi connectivity index (χ4n) is 3.03. The lowest BCUT2D eigenvalue weighted by atomic mass is 10.1. The number of aryl methyl sites for hydroxylation is 1.